The Morgan fingerprint density at radius 3 is 2.80 bits per heavy atom. The van der Waals surface area contributed by atoms with Gasteiger partial charge in [0.2, 0.25) is 6.79 Å². The number of aromatic carboxylic acids is 1. The Labute approximate surface area is 116 Å². The van der Waals surface area contributed by atoms with Gasteiger partial charge in [-0.05, 0) is 6.92 Å². The van der Waals surface area contributed by atoms with Gasteiger partial charge in [0.1, 0.15) is 0 Å². The molecule has 0 bridgehead atoms. The fourth-order valence-electron chi connectivity index (χ4n) is 1.78. The number of aryl methyl sites for hydroxylation is 1. The molecule has 8 heteroatoms. The van der Waals surface area contributed by atoms with Crippen LogP contribution in [-0.2, 0) is 0 Å². The minimum Gasteiger partial charge on any atom is -0.476 e. The van der Waals surface area contributed by atoms with E-state index in [2.05, 4.69) is 10.3 Å². The van der Waals surface area contributed by atoms with Crippen molar-refractivity contribution in [3.05, 3.63) is 28.5 Å². The number of ether oxygens (including phenoxy) is 2. The number of hydrogen-bond acceptors (Lipinski definition) is 6. The number of nitrogens with zero attached hydrogens (tertiary/aromatic N) is 1. The lowest BCUT2D eigenvalue weighted by Crippen LogP contribution is -1.99. The molecule has 0 spiro atoms. The van der Waals surface area contributed by atoms with Gasteiger partial charge < -0.3 is 19.9 Å². The number of carboxylic acid groups (broad SMARTS) is 1. The highest BCUT2D eigenvalue weighted by molar-refractivity contribution is 7.15. The number of anilines is 2. The fourth-order valence-corrected chi connectivity index (χ4v) is 2.59. The predicted octanol–water partition coefficient (Wildman–Crippen LogP) is 2.76. The van der Waals surface area contributed by atoms with E-state index in [1.54, 1.807) is 6.92 Å². The molecule has 1 aromatic heterocycles. The van der Waals surface area contributed by atoms with Gasteiger partial charge in [0.25, 0.3) is 0 Å². The predicted molar refractivity (Wildman–Crippen MR) is 69.6 cm³/mol. The highest BCUT2D eigenvalue weighted by atomic mass is 32.1. The monoisotopic (exact) mass is 296 g/mol. The molecule has 1 aromatic carbocycles. The van der Waals surface area contributed by atoms with Crippen molar-refractivity contribution in [3.63, 3.8) is 0 Å². The molecule has 0 amide bonds. The molecule has 2 N–H and O–H groups in total. The Kier molecular flexibility index (Phi) is 2.94. The van der Waals surface area contributed by atoms with E-state index in [1.807, 2.05) is 0 Å². The van der Waals surface area contributed by atoms with Crippen LogP contribution in [-0.4, -0.2) is 22.9 Å². The summed E-state index contributed by atoms with van der Waals surface area (Å²) in [4.78, 5) is 15.4. The Hall–Kier alpha value is -2.35. The molecule has 0 unspecified atom stereocenters. The number of carboxylic acids is 1. The summed E-state index contributed by atoms with van der Waals surface area (Å²) >= 11 is 1.14. The third-order valence-corrected chi connectivity index (χ3v) is 3.59. The first-order valence-electron chi connectivity index (χ1n) is 5.61. The zero-order chi connectivity index (χ0) is 14.3. The van der Waals surface area contributed by atoms with Crippen LogP contribution in [0.3, 0.4) is 0 Å². The Morgan fingerprint density at radius 1 is 1.45 bits per heavy atom. The molecule has 0 saturated carbocycles. The van der Waals surface area contributed by atoms with E-state index in [0.717, 1.165) is 11.3 Å². The van der Waals surface area contributed by atoms with Gasteiger partial charge in [-0.1, -0.05) is 0 Å². The van der Waals surface area contributed by atoms with Crippen LogP contribution >= 0.6 is 11.3 Å². The Bertz CT molecular complexity index is 701. The zero-order valence-corrected chi connectivity index (χ0v) is 11.1. The number of nitrogens with one attached hydrogen (secondary N) is 1. The van der Waals surface area contributed by atoms with E-state index >= 15 is 0 Å². The zero-order valence-electron chi connectivity index (χ0n) is 10.3. The SMILES string of the molecule is Cc1sc(Nc2cc3c(cc2F)OCO3)nc1C(=O)O. The van der Waals surface area contributed by atoms with Crippen molar-refractivity contribution >= 4 is 28.1 Å². The largest absolute Gasteiger partial charge is 0.476 e. The van der Waals surface area contributed by atoms with Crippen molar-refractivity contribution in [2.24, 2.45) is 0 Å². The van der Waals surface area contributed by atoms with Crippen LogP contribution < -0.4 is 14.8 Å². The Balaban J connectivity index is 1.92. The van der Waals surface area contributed by atoms with Crippen molar-refractivity contribution in [1.29, 1.82) is 0 Å². The van der Waals surface area contributed by atoms with E-state index < -0.39 is 11.8 Å². The lowest BCUT2D eigenvalue weighted by molar-refractivity contribution is 0.0690. The molecule has 0 atom stereocenters. The second-order valence-electron chi connectivity index (χ2n) is 4.04. The summed E-state index contributed by atoms with van der Waals surface area (Å²) in [6.45, 7) is 1.69. The summed E-state index contributed by atoms with van der Waals surface area (Å²) in [6.07, 6.45) is 0. The summed E-state index contributed by atoms with van der Waals surface area (Å²) in [6, 6.07) is 2.66. The summed E-state index contributed by atoms with van der Waals surface area (Å²) < 4.78 is 24.1. The summed E-state index contributed by atoms with van der Waals surface area (Å²) in [5, 5.41) is 12.0. The first kappa shape index (κ1) is 12.7. The molecule has 1 aliphatic heterocycles. The molecular formula is C12H9FN2O4S. The van der Waals surface area contributed by atoms with Crippen LogP contribution in [0.1, 0.15) is 15.4 Å². The molecule has 0 fully saturated rings. The van der Waals surface area contributed by atoms with Crippen molar-refractivity contribution < 1.29 is 23.8 Å². The third kappa shape index (κ3) is 2.14. The maximum absolute atomic E-state index is 13.9. The number of aromatic nitrogens is 1. The molecular weight excluding hydrogens is 287 g/mol. The van der Waals surface area contributed by atoms with Crippen molar-refractivity contribution in [2.75, 3.05) is 12.1 Å². The molecule has 6 nitrogen and oxygen atoms in total. The highest BCUT2D eigenvalue weighted by Gasteiger charge is 2.19. The minimum atomic E-state index is -1.11. The fraction of sp³-hybridized carbons (Fsp3) is 0.167. The van der Waals surface area contributed by atoms with Gasteiger partial charge in [-0.2, -0.15) is 0 Å². The first-order valence-corrected chi connectivity index (χ1v) is 6.43. The van der Waals surface area contributed by atoms with Gasteiger partial charge in [-0.25, -0.2) is 14.2 Å². The lowest BCUT2D eigenvalue weighted by Gasteiger charge is -2.05. The van der Waals surface area contributed by atoms with Crippen molar-refractivity contribution in [2.45, 2.75) is 6.92 Å². The highest BCUT2D eigenvalue weighted by Crippen LogP contribution is 2.37. The number of rotatable bonds is 3. The molecule has 104 valence electrons. The maximum Gasteiger partial charge on any atom is 0.355 e. The minimum absolute atomic E-state index is 0.0429. The molecule has 0 aliphatic carbocycles. The molecule has 2 heterocycles. The molecule has 0 saturated heterocycles. The van der Waals surface area contributed by atoms with E-state index in [1.165, 1.54) is 12.1 Å². The van der Waals surface area contributed by atoms with E-state index in [9.17, 15) is 9.18 Å². The smallest absolute Gasteiger partial charge is 0.355 e. The maximum atomic E-state index is 13.9. The van der Waals surface area contributed by atoms with Crippen molar-refractivity contribution in [1.82, 2.24) is 4.98 Å². The molecule has 2 aromatic rings. The lowest BCUT2D eigenvalue weighted by atomic mass is 10.2. The quantitative estimate of drug-likeness (QED) is 0.906. The van der Waals surface area contributed by atoms with Crippen LogP contribution in [0.5, 0.6) is 11.5 Å². The van der Waals surface area contributed by atoms with Crippen LogP contribution in [0.2, 0.25) is 0 Å². The van der Waals surface area contributed by atoms with Gasteiger partial charge in [0.05, 0.1) is 5.69 Å². The van der Waals surface area contributed by atoms with Gasteiger partial charge in [0, 0.05) is 17.0 Å². The number of hydrogen-bond donors (Lipinski definition) is 2. The average Bonchev–Trinajstić information content (AvgIpc) is 2.96. The van der Waals surface area contributed by atoms with Crippen LogP contribution in [0.25, 0.3) is 0 Å². The van der Waals surface area contributed by atoms with E-state index in [0.29, 0.717) is 21.5 Å². The van der Waals surface area contributed by atoms with Crippen molar-refractivity contribution in [3.8, 4) is 11.5 Å². The Morgan fingerprint density at radius 2 is 2.15 bits per heavy atom. The van der Waals surface area contributed by atoms with E-state index in [-0.39, 0.29) is 18.2 Å². The van der Waals surface area contributed by atoms with Gasteiger partial charge in [0.15, 0.2) is 28.1 Å². The number of benzene rings is 1. The normalized spacial score (nSPS) is 12.5. The molecule has 3 rings (SSSR count). The topological polar surface area (TPSA) is 80.7 Å². The number of thiazole rings is 1. The standard InChI is InChI=1S/C12H9FN2O4S/c1-5-10(11(16)17)15-12(20-5)14-7-3-9-8(2-6(7)13)18-4-19-9/h2-3H,4H2,1H3,(H,14,15)(H,16,17). The number of carbonyl (C=O) groups is 1. The summed E-state index contributed by atoms with van der Waals surface area (Å²) in [5.74, 6) is -0.868. The van der Waals surface area contributed by atoms with Gasteiger partial charge >= 0.3 is 5.97 Å². The second kappa shape index (κ2) is 4.64. The van der Waals surface area contributed by atoms with E-state index in [4.69, 9.17) is 14.6 Å². The molecule has 20 heavy (non-hydrogen) atoms. The second-order valence-corrected chi connectivity index (χ2v) is 5.24. The summed E-state index contributed by atoms with van der Waals surface area (Å²) in [7, 11) is 0. The van der Waals surface area contributed by atoms with Gasteiger partial charge in [-0.15, -0.1) is 11.3 Å². The summed E-state index contributed by atoms with van der Waals surface area (Å²) in [5.41, 5.74) is 0.110. The molecule has 0 radical (unpaired) electrons. The molecule has 1 aliphatic rings. The first-order chi connectivity index (χ1) is 9.54. The number of halogens is 1. The van der Waals surface area contributed by atoms with Gasteiger partial charge in [-0.3, -0.25) is 0 Å². The van der Waals surface area contributed by atoms with Crippen LogP contribution in [0.15, 0.2) is 12.1 Å². The third-order valence-electron chi connectivity index (χ3n) is 2.70. The van der Waals surface area contributed by atoms with Crippen LogP contribution in [0, 0.1) is 12.7 Å². The van der Waals surface area contributed by atoms with Crippen LogP contribution in [0.4, 0.5) is 15.2 Å². The average molecular weight is 296 g/mol. The number of fused-ring (bicyclic) bond motifs is 1.